The third-order valence-corrected chi connectivity index (χ3v) is 3.65. The first kappa shape index (κ1) is 13.7. The fourth-order valence-corrected chi connectivity index (χ4v) is 2.52. The number of rotatable bonds is 3. The lowest BCUT2D eigenvalue weighted by molar-refractivity contribution is 0.102. The molecule has 0 saturated heterocycles. The molecule has 2 N–H and O–H groups in total. The molecule has 0 radical (unpaired) electrons. The van der Waals surface area contributed by atoms with Crippen molar-refractivity contribution in [2.75, 3.05) is 12.4 Å². The summed E-state index contributed by atoms with van der Waals surface area (Å²) in [5, 5.41) is 3.80. The zero-order valence-corrected chi connectivity index (χ0v) is 12.9. The van der Waals surface area contributed by atoms with Gasteiger partial charge in [0.2, 0.25) is 0 Å². The van der Waals surface area contributed by atoms with E-state index < -0.39 is 0 Å². The van der Waals surface area contributed by atoms with Crippen molar-refractivity contribution in [2.45, 2.75) is 0 Å². The summed E-state index contributed by atoms with van der Waals surface area (Å²) in [6, 6.07) is 14.9. The van der Waals surface area contributed by atoms with E-state index in [9.17, 15) is 4.79 Å². The molecule has 106 valence electrons. The van der Waals surface area contributed by atoms with E-state index in [1.807, 2.05) is 48.5 Å². The first-order valence-electron chi connectivity index (χ1n) is 6.39. The van der Waals surface area contributed by atoms with Crippen LogP contribution in [0.3, 0.4) is 0 Å². The predicted molar refractivity (Wildman–Crippen MR) is 86.9 cm³/mol. The van der Waals surface area contributed by atoms with Gasteiger partial charge in [-0.3, -0.25) is 4.79 Å². The monoisotopic (exact) mass is 344 g/mol. The number of aromatic nitrogens is 1. The van der Waals surface area contributed by atoms with E-state index in [4.69, 9.17) is 4.74 Å². The minimum absolute atomic E-state index is 0.178. The van der Waals surface area contributed by atoms with Crippen LogP contribution in [-0.4, -0.2) is 18.0 Å². The standard InChI is InChI=1S/C16H13BrN2O2/c1-21-13-5-6-14-10(7-13)8-15(19-14)16(20)18-12-4-2-3-11(17)9-12/h2-9,19H,1H3,(H,18,20). The highest BCUT2D eigenvalue weighted by Gasteiger charge is 2.10. The van der Waals surface area contributed by atoms with Crippen molar-refractivity contribution in [3.8, 4) is 5.75 Å². The third kappa shape index (κ3) is 2.92. The van der Waals surface area contributed by atoms with Crippen LogP contribution in [0.5, 0.6) is 5.75 Å². The Morgan fingerprint density at radius 2 is 2.05 bits per heavy atom. The van der Waals surface area contributed by atoms with Crippen molar-refractivity contribution in [2.24, 2.45) is 0 Å². The van der Waals surface area contributed by atoms with Crippen molar-refractivity contribution >= 4 is 38.4 Å². The highest BCUT2D eigenvalue weighted by atomic mass is 79.9. The van der Waals surface area contributed by atoms with Gasteiger partial charge in [0, 0.05) is 21.1 Å². The minimum Gasteiger partial charge on any atom is -0.497 e. The number of methoxy groups -OCH3 is 1. The van der Waals surface area contributed by atoms with E-state index in [1.54, 1.807) is 7.11 Å². The van der Waals surface area contributed by atoms with Gasteiger partial charge in [0.25, 0.3) is 5.91 Å². The van der Waals surface area contributed by atoms with Crippen molar-refractivity contribution in [1.29, 1.82) is 0 Å². The van der Waals surface area contributed by atoms with Gasteiger partial charge in [-0.25, -0.2) is 0 Å². The second kappa shape index (κ2) is 5.61. The van der Waals surface area contributed by atoms with E-state index in [0.29, 0.717) is 5.69 Å². The average Bonchev–Trinajstić information content (AvgIpc) is 2.90. The van der Waals surface area contributed by atoms with Crippen LogP contribution >= 0.6 is 15.9 Å². The number of hydrogen-bond donors (Lipinski definition) is 2. The molecule has 2 aromatic carbocycles. The number of hydrogen-bond acceptors (Lipinski definition) is 2. The Balaban J connectivity index is 1.87. The van der Waals surface area contributed by atoms with Crippen LogP contribution in [-0.2, 0) is 0 Å². The molecule has 3 aromatic rings. The number of carbonyl (C=O) groups excluding carboxylic acids is 1. The number of nitrogens with one attached hydrogen (secondary N) is 2. The van der Waals surface area contributed by atoms with Crippen LogP contribution < -0.4 is 10.1 Å². The quantitative estimate of drug-likeness (QED) is 0.748. The summed E-state index contributed by atoms with van der Waals surface area (Å²) in [5.74, 6) is 0.587. The van der Waals surface area contributed by atoms with Crippen LogP contribution in [0.15, 0.2) is 53.0 Å². The molecule has 0 aliphatic heterocycles. The van der Waals surface area contributed by atoms with Crippen LogP contribution in [0.4, 0.5) is 5.69 Å². The van der Waals surface area contributed by atoms with Gasteiger partial charge in [-0.05, 0) is 42.5 Å². The van der Waals surface area contributed by atoms with Gasteiger partial charge in [-0.2, -0.15) is 0 Å². The molecule has 0 aliphatic rings. The molecule has 3 rings (SSSR count). The number of ether oxygens (including phenoxy) is 1. The molecule has 1 aromatic heterocycles. The van der Waals surface area contributed by atoms with E-state index in [1.165, 1.54) is 0 Å². The molecular weight excluding hydrogens is 332 g/mol. The summed E-state index contributed by atoms with van der Waals surface area (Å²) in [4.78, 5) is 15.4. The van der Waals surface area contributed by atoms with Gasteiger partial charge >= 0.3 is 0 Å². The zero-order chi connectivity index (χ0) is 14.8. The largest absolute Gasteiger partial charge is 0.497 e. The number of benzene rings is 2. The van der Waals surface area contributed by atoms with Crippen LogP contribution in [0.1, 0.15) is 10.5 Å². The van der Waals surface area contributed by atoms with Gasteiger partial charge in [-0.15, -0.1) is 0 Å². The molecule has 0 aliphatic carbocycles. The summed E-state index contributed by atoms with van der Waals surface area (Å²) in [5.41, 5.74) is 2.15. The Kier molecular flexibility index (Phi) is 3.66. The normalized spacial score (nSPS) is 10.6. The van der Waals surface area contributed by atoms with Crippen molar-refractivity contribution in [3.05, 3.63) is 58.7 Å². The second-order valence-corrected chi connectivity index (χ2v) is 5.52. The van der Waals surface area contributed by atoms with Crippen molar-refractivity contribution < 1.29 is 9.53 Å². The van der Waals surface area contributed by atoms with E-state index in [2.05, 4.69) is 26.2 Å². The topological polar surface area (TPSA) is 54.1 Å². The summed E-state index contributed by atoms with van der Waals surface area (Å²) in [7, 11) is 1.62. The van der Waals surface area contributed by atoms with E-state index >= 15 is 0 Å². The first-order chi connectivity index (χ1) is 10.2. The molecule has 0 unspecified atom stereocenters. The molecule has 21 heavy (non-hydrogen) atoms. The maximum atomic E-state index is 12.3. The SMILES string of the molecule is COc1ccc2[nH]c(C(=O)Nc3cccc(Br)c3)cc2c1. The zero-order valence-electron chi connectivity index (χ0n) is 11.3. The molecule has 0 atom stereocenters. The maximum Gasteiger partial charge on any atom is 0.272 e. The number of aromatic amines is 1. The Morgan fingerprint density at radius 3 is 2.81 bits per heavy atom. The molecule has 1 amide bonds. The molecule has 1 heterocycles. The number of H-pyrrole nitrogens is 1. The number of fused-ring (bicyclic) bond motifs is 1. The fourth-order valence-electron chi connectivity index (χ4n) is 2.12. The predicted octanol–water partition coefficient (Wildman–Crippen LogP) is 4.19. The minimum atomic E-state index is -0.178. The fraction of sp³-hybridized carbons (Fsp3) is 0.0625. The summed E-state index contributed by atoms with van der Waals surface area (Å²) in [6.07, 6.45) is 0. The highest BCUT2D eigenvalue weighted by Crippen LogP contribution is 2.22. The lowest BCUT2D eigenvalue weighted by Gasteiger charge is -2.03. The van der Waals surface area contributed by atoms with Crippen molar-refractivity contribution in [1.82, 2.24) is 4.98 Å². The Hall–Kier alpha value is -2.27. The Labute approximate surface area is 130 Å². The van der Waals surface area contributed by atoms with E-state index in [0.717, 1.165) is 26.8 Å². The van der Waals surface area contributed by atoms with Gasteiger partial charge in [0.1, 0.15) is 11.4 Å². The van der Waals surface area contributed by atoms with Gasteiger partial charge in [0.05, 0.1) is 7.11 Å². The highest BCUT2D eigenvalue weighted by molar-refractivity contribution is 9.10. The van der Waals surface area contributed by atoms with Gasteiger partial charge in [-0.1, -0.05) is 22.0 Å². The number of carbonyl (C=O) groups is 1. The molecule has 0 spiro atoms. The summed E-state index contributed by atoms with van der Waals surface area (Å²) < 4.78 is 6.10. The molecule has 0 fully saturated rings. The maximum absolute atomic E-state index is 12.3. The average molecular weight is 345 g/mol. The third-order valence-electron chi connectivity index (χ3n) is 3.16. The van der Waals surface area contributed by atoms with Crippen molar-refractivity contribution in [3.63, 3.8) is 0 Å². The van der Waals surface area contributed by atoms with Gasteiger partial charge in [0.15, 0.2) is 0 Å². The van der Waals surface area contributed by atoms with Crippen LogP contribution in [0, 0.1) is 0 Å². The molecule has 5 heteroatoms. The number of halogens is 1. The van der Waals surface area contributed by atoms with E-state index in [-0.39, 0.29) is 5.91 Å². The van der Waals surface area contributed by atoms with Crippen LogP contribution in [0.2, 0.25) is 0 Å². The summed E-state index contributed by atoms with van der Waals surface area (Å²) in [6.45, 7) is 0. The second-order valence-electron chi connectivity index (χ2n) is 4.60. The van der Waals surface area contributed by atoms with Gasteiger partial charge < -0.3 is 15.0 Å². The molecular formula is C16H13BrN2O2. The number of anilines is 1. The lowest BCUT2D eigenvalue weighted by atomic mass is 10.2. The Morgan fingerprint density at radius 1 is 1.19 bits per heavy atom. The lowest BCUT2D eigenvalue weighted by Crippen LogP contribution is -2.12. The Bertz CT molecular complexity index is 811. The van der Waals surface area contributed by atoms with Crippen LogP contribution in [0.25, 0.3) is 10.9 Å². The summed E-state index contributed by atoms with van der Waals surface area (Å²) >= 11 is 3.38. The first-order valence-corrected chi connectivity index (χ1v) is 7.19. The smallest absolute Gasteiger partial charge is 0.272 e. The molecule has 0 saturated carbocycles. The number of amides is 1. The molecule has 0 bridgehead atoms. The molecule has 4 nitrogen and oxygen atoms in total.